The molecule has 4 heteroatoms. The lowest BCUT2D eigenvalue weighted by atomic mass is 10.1. The Balaban J connectivity index is 2.39. The van der Waals surface area contributed by atoms with Crippen LogP contribution < -0.4 is 10.3 Å². The van der Waals surface area contributed by atoms with Gasteiger partial charge in [-0.3, -0.25) is 4.79 Å². The van der Waals surface area contributed by atoms with Crippen molar-refractivity contribution in [2.75, 3.05) is 7.11 Å². The van der Waals surface area contributed by atoms with Gasteiger partial charge in [0.2, 0.25) is 0 Å². The van der Waals surface area contributed by atoms with E-state index in [9.17, 15) is 9.90 Å². The number of aromatic nitrogens is 1. The van der Waals surface area contributed by atoms with E-state index in [1.165, 1.54) is 0 Å². The average Bonchev–Trinajstić information content (AvgIpc) is 2.41. The zero-order valence-corrected chi connectivity index (χ0v) is 11.1. The van der Waals surface area contributed by atoms with Crippen molar-refractivity contribution in [2.24, 2.45) is 0 Å². The van der Waals surface area contributed by atoms with Crippen LogP contribution in [-0.4, -0.2) is 16.8 Å². The molecule has 0 aliphatic rings. The Labute approximate surface area is 111 Å². The number of aliphatic hydroxyl groups is 1. The molecule has 2 aromatic rings. The Morgan fingerprint density at radius 1 is 1.26 bits per heavy atom. The van der Waals surface area contributed by atoms with Crippen LogP contribution in [0, 0.1) is 6.92 Å². The fraction of sp³-hybridized carbons (Fsp3) is 0.267. The molecule has 0 saturated carbocycles. The van der Waals surface area contributed by atoms with Crippen molar-refractivity contribution in [3.63, 3.8) is 0 Å². The quantitative estimate of drug-likeness (QED) is 0.909. The van der Waals surface area contributed by atoms with Gasteiger partial charge in [0.15, 0.2) is 0 Å². The molecular formula is C15H17NO3. The molecule has 0 aliphatic heterocycles. The van der Waals surface area contributed by atoms with E-state index in [4.69, 9.17) is 4.74 Å². The van der Waals surface area contributed by atoms with Gasteiger partial charge < -0.3 is 14.4 Å². The Bertz CT molecular complexity index is 632. The maximum Gasteiger partial charge on any atom is 0.251 e. The summed E-state index contributed by atoms with van der Waals surface area (Å²) < 4.78 is 6.90. The average molecular weight is 259 g/mol. The summed E-state index contributed by atoms with van der Waals surface area (Å²) in [5, 5.41) is 9.17. The van der Waals surface area contributed by atoms with Crippen molar-refractivity contribution in [1.29, 1.82) is 0 Å². The molecule has 0 fully saturated rings. The number of hydrogen-bond acceptors (Lipinski definition) is 3. The van der Waals surface area contributed by atoms with Crippen molar-refractivity contribution >= 4 is 0 Å². The van der Waals surface area contributed by atoms with Crippen molar-refractivity contribution in [1.82, 2.24) is 4.57 Å². The zero-order chi connectivity index (χ0) is 13.8. The highest BCUT2D eigenvalue weighted by Gasteiger charge is 2.06. The fourth-order valence-corrected chi connectivity index (χ4v) is 1.97. The number of hydrogen-bond donors (Lipinski definition) is 1. The molecule has 0 aliphatic carbocycles. The van der Waals surface area contributed by atoms with Gasteiger partial charge in [0.25, 0.3) is 5.56 Å². The smallest absolute Gasteiger partial charge is 0.251 e. The van der Waals surface area contributed by atoms with Crippen LogP contribution in [0.25, 0.3) is 0 Å². The summed E-state index contributed by atoms with van der Waals surface area (Å²) in [5.41, 5.74) is 2.57. The topological polar surface area (TPSA) is 51.5 Å². The third kappa shape index (κ3) is 3.03. The van der Waals surface area contributed by atoms with Crippen LogP contribution in [0.2, 0.25) is 0 Å². The minimum Gasteiger partial charge on any atom is -0.496 e. The van der Waals surface area contributed by atoms with Crippen LogP contribution in [0.5, 0.6) is 5.75 Å². The van der Waals surface area contributed by atoms with E-state index in [1.54, 1.807) is 36.1 Å². The monoisotopic (exact) mass is 259 g/mol. The van der Waals surface area contributed by atoms with Gasteiger partial charge in [0.05, 0.1) is 20.3 Å². The van der Waals surface area contributed by atoms with Gasteiger partial charge >= 0.3 is 0 Å². The molecule has 0 spiro atoms. The highest BCUT2D eigenvalue weighted by atomic mass is 16.5. The normalized spacial score (nSPS) is 10.5. The van der Waals surface area contributed by atoms with Gasteiger partial charge in [-0.25, -0.2) is 0 Å². The van der Waals surface area contributed by atoms with Gasteiger partial charge in [0.1, 0.15) is 5.75 Å². The molecule has 2 rings (SSSR count). The molecule has 19 heavy (non-hydrogen) atoms. The van der Waals surface area contributed by atoms with Gasteiger partial charge in [-0.2, -0.15) is 0 Å². The number of aliphatic hydroxyl groups excluding tert-OH is 1. The van der Waals surface area contributed by atoms with E-state index in [0.717, 1.165) is 16.7 Å². The van der Waals surface area contributed by atoms with Crippen molar-refractivity contribution < 1.29 is 9.84 Å². The fourth-order valence-electron chi connectivity index (χ4n) is 1.97. The van der Waals surface area contributed by atoms with E-state index >= 15 is 0 Å². The van der Waals surface area contributed by atoms with Crippen LogP contribution in [0.4, 0.5) is 0 Å². The standard InChI is InChI=1S/C15H17NO3/c1-11-5-6-16(15(18)7-11)9-13-8-12(10-17)3-4-14(13)19-2/h3-8,17H,9-10H2,1-2H3. The summed E-state index contributed by atoms with van der Waals surface area (Å²) in [4.78, 5) is 11.9. The summed E-state index contributed by atoms with van der Waals surface area (Å²) >= 11 is 0. The third-order valence-electron chi connectivity index (χ3n) is 3.02. The zero-order valence-electron chi connectivity index (χ0n) is 11.1. The highest BCUT2D eigenvalue weighted by molar-refractivity contribution is 5.37. The van der Waals surface area contributed by atoms with Crippen LogP contribution in [-0.2, 0) is 13.2 Å². The van der Waals surface area contributed by atoms with Gasteiger partial charge in [0, 0.05) is 17.8 Å². The Morgan fingerprint density at radius 2 is 2.05 bits per heavy atom. The van der Waals surface area contributed by atoms with E-state index < -0.39 is 0 Å². The number of ether oxygens (including phenoxy) is 1. The third-order valence-corrected chi connectivity index (χ3v) is 3.02. The van der Waals surface area contributed by atoms with E-state index in [1.807, 2.05) is 19.1 Å². The predicted molar refractivity (Wildman–Crippen MR) is 73.5 cm³/mol. The molecule has 0 unspecified atom stereocenters. The van der Waals surface area contributed by atoms with Crippen LogP contribution in [0.1, 0.15) is 16.7 Å². The molecule has 1 heterocycles. The molecule has 100 valence electrons. The first kappa shape index (κ1) is 13.4. The van der Waals surface area contributed by atoms with Crippen LogP contribution in [0.3, 0.4) is 0 Å². The summed E-state index contributed by atoms with van der Waals surface area (Å²) in [6.07, 6.45) is 1.77. The summed E-state index contributed by atoms with van der Waals surface area (Å²) in [6.45, 7) is 2.29. The van der Waals surface area contributed by atoms with Crippen LogP contribution in [0.15, 0.2) is 41.3 Å². The Morgan fingerprint density at radius 3 is 2.68 bits per heavy atom. The first-order valence-electron chi connectivity index (χ1n) is 6.08. The van der Waals surface area contributed by atoms with E-state index in [-0.39, 0.29) is 12.2 Å². The Hall–Kier alpha value is -2.07. The van der Waals surface area contributed by atoms with Crippen molar-refractivity contribution in [3.05, 3.63) is 63.6 Å². The molecular weight excluding hydrogens is 242 g/mol. The highest BCUT2D eigenvalue weighted by Crippen LogP contribution is 2.20. The minimum atomic E-state index is -0.0449. The first-order valence-corrected chi connectivity index (χ1v) is 6.08. The van der Waals surface area contributed by atoms with E-state index in [0.29, 0.717) is 12.3 Å². The maximum absolute atomic E-state index is 11.9. The Kier molecular flexibility index (Phi) is 4.02. The number of aryl methyl sites for hydroxylation is 1. The molecule has 0 atom stereocenters. The lowest BCUT2D eigenvalue weighted by Gasteiger charge is -2.12. The molecule has 0 saturated heterocycles. The van der Waals surface area contributed by atoms with Crippen molar-refractivity contribution in [3.8, 4) is 5.75 Å². The van der Waals surface area contributed by atoms with Gasteiger partial charge in [-0.05, 0) is 36.2 Å². The SMILES string of the molecule is COc1ccc(CO)cc1Cn1ccc(C)cc1=O. The molecule has 4 nitrogen and oxygen atoms in total. The van der Waals surface area contributed by atoms with Crippen molar-refractivity contribution in [2.45, 2.75) is 20.1 Å². The predicted octanol–water partition coefficient (Wildman–Crippen LogP) is 1.71. The minimum absolute atomic E-state index is 0.0280. The number of benzene rings is 1. The second-order valence-corrected chi connectivity index (χ2v) is 4.47. The summed E-state index contributed by atoms with van der Waals surface area (Å²) in [6, 6.07) is 8.96. The van der Waals surface area contributed by atoms with E-state index in [2.05, 4.69) is 0 Å². The number of nitrogens with zero attached hydrogens (tertiary/aromatic N) is 1. The molecule has 0 amide bonds. The van der Waals surface area contributed by atoms with Gasteiger partial charge in [-0.15, -0.1) is 0 Å². The molecule has 1 N–H and O–H groups in total. The molecule has 0 bridgehead atoms. The lowest BCUT2D eigenvalue weighted by molar-refractivity contribution is 0.281. The molecule has 1 aromatic carbocycles. The molecule has 1 aromatic heterocycles. The summed E-state index contributed by atoms with van der Waals surface area (Å²) in [7, 11) is 1.59. The maximum atomic E-state index is 11.9. The second-order valence-electron chi connectivity index (χ2n) is 4.47. The number of methoxy groups -OCH3 is 1. The lowest BCUT2D eigenvalue weighted by Crippen LogP contribution is -2.19. The largest absolute Gasteiger partial charge is 0.496 e. The first-order chi connectivity index (χ1) is 9.13. The summed E-state index contributed by atoms with van der Waals surface area (Å²) in [5.74, 6) is 0.713. The second kappa shape index (κ2) is 5.71. The number of rotatable bonds is 4. The van der Waals surface area contributed by atoms with Crippen LogP contribution >= 0.6 is 0 Å². The van der Waals surface area contributed by atoms with Gasteiger partial charge in [-0.1, -0.05) is 6.07 Å². The number of pyridine rings is 1. The molecule has 0 radical (unpaired) electrons.